The zero-order valence-electron chi connectivity index (χ0n) is 17.5. The van der Waals surface area contributed by atoms with Crippen LogP contribution in [0.4, 0.5) is 0 Å². The van der Waals surface area contributed by atoms with Gasteiger partial charge in [-0.3, -0.25) is 14.6 Å². The molecule has 2 bridgehead atoms. The van der Waals surface area contributed by atoms with Gasteiger partial charge in [0.05, 0.1) is 0 Å². The fourth-order valence-electron chi connectivity index (χ4n) is 5.01. The maximum atomic E-state index is 12.2. The molecular weight excluding hydrogens is 356 g/mol. The first-order valence-corrected chi connectivity index (χ1v) is 11.4. The van der Waals surface area contributed by atoms with Crippen LogP contribution in [0.2, 0.25) is 0 Å². The van der Waals surface area contributed by atoms with Crippen LogP contribution in [0.15, 0.2) is 60.7 Å². The number of aryl methyl sites for hydroxylation is 1. The van der Waals surface area contributed by atoms with Gasteiger partial charge in [-0.25, -0.2) is 0 Å². The summed E-state index contributed by atoms with van der Waals surface area (Å²) in [7, 11) is 0. The van der Waals surface area contributed by atoms with E-state index < -0.39 is 0 Å². The molecule has 3 nitrogen and oxygen atoms in total. The lowest BCUT2D eigenvalue weighted by Gasteiger charge is -2.34. The van der Waals surface area contributed by atoms with Crippen molar-refractivity contribution in [2.45, 2.75) is 63.6 Å². The van der Waals surface area contributed by atoms with Gasteiger partial charge in [0.25, 0.3) is 0 Å². The number of Topliss-reactive ketones (excluding diaryl/α,β-unsaturated/α-hetero) is 1. The van der Waals surface area contributed by atoms with Crippen LogP contribution in [-0.4, -0.2) is 47.3 Å². The lowest BCUT2D eigenvalue weighted by molar-refractivity contribution is -0.119. The number of carbonyl (C=O) groups is 1. The Balaban J connectivity index is 1.08. The second kappa shape index (κ2) is 10.2. The first-order chi connectivity index (χ1) is 14.3. The maximum absolute atomic E-state index is 12.2. The lowest BCUT2D eigenvalue weighted by atomic mass is 10.0. The molecule has 0 radical (unpaired) electrons. The molecule has 2 aliphatic rings. The third kappa shape index (κ3) is 5.77. The number of rotatable bonds is 11. The fraction of sp³-hybridized carbons (Fsp3) is 0.500. The second-order valence-electron chi connectivity index (χ2n) is 8.79. The molecule has 2 saturated heterocycles. The number of carbonyl (C=O) groups excluding carboxylic acids is 1. The van der Waals surface area contributed by atoms with Crippen molar-refractivity contribution in [1.29, 1.82) is 0 Å². The monoisotopic (exact) mass is 390 g/mol. The lowest BCUT2D eigenvalue weighted by Crippen LogP contribution is -2.46. The molecule has 0 N–H and O–H groups in total. The quantitative estimate of drug-likeness (QED) is 0.519. The summed E-state index contributed by atoms with van der Waals surface area (Å²) in [5.41, 5.74) is 2.77. The number of likely N-dealkylation sites (tertiary alicyclic amines) is 2. The molecule has 0 saturated carbocycles. The molecule has 2 aliphatic heterocycles. The van der Waals surface area contributed by atoms with E-state index >= 15 is 0 Å². The standard InChI is InChI=1S/C26H34N2O/c29-26(16-9-14-22-10-3-1-4-11-22)15-7-8-17-27-20-25-18-24(27)21-28(25)19-23-12-5-2-6-13-23/h1-6,10-13,24-25H,7-9,14-21H2. The van der Waals surface area contributed by atoms with Gasteiger partial charge in [-0.05, 0) is 49.8 Å². The van der Waals surface area contributed by atoms with Crippen molar-refractivity contribution in [3.63, 3.8) is 0 Å². The molecule has 2 atom stereocenters. The zero-order chi connectivity index (χ0) is 19.9. The second-order valence-corrected chi connectivity index (χ2v) is 8.79. The van der Waals surface area contributed by atoms with Gasteiger partial charge in [0.1, 0.15) is 5.78 Å². The predicted octanol–water partition coefficient (Wildman–Crippen LogP) is 4.71. The van der Waals surface area contributed by atoms with Gasteiger partial charge in [0.2, 0.25) is 0 Å². The van der Waals surface area contributed by atoms with Gasteiger partial charge in [0.15, 0.2) is 0 Å². The van der Waals surface area contributed by atoms with E-state index in [-0.39, 0.29) is 0 Å². The van der Waals surface area contributed by atoms with Gasteiger partial charge < -0.3 is 0 Å². The van der Waals surface area contributed by atoms with Gasteiger partial charge in [-0.2, -0.15) is 0 Å². The van der Waals surface area contributed by atoms with Crippen molar-refractivity contribution in [2.75, 3.05) is 19.6 Å². The minimum absolute atomic E-state index is 0.443. The molecule has 2 aromatic carbocycles. The largest absolute Gasteiger partial charge is 0.300 e. The Morgan fingerprint density at radius 3 is 2.07 bits per heavy atom. The van der Waals surface area contributed by atoms with Gasteiger partial charge in [0, 0.05) is 44.6 Å². The SMILES string of the molecule is O=C(CCCCN1CC2CC1CN2Cc1ccccc1)CCCc1ccccc1. The van der Waals surface area contributed by atoms with Crippen molar-refractivity contribution in [3.05, 3.63) is 71.8 Å². The third-order valence-corrected chi connectivity index (χ3v) is 6.61. The number of piperazine rings is 1. The summed E-state index contributed by atoms with van der Waals surface area (Å²) < 4.78 is 0. The van der Waals surface area contributed by atoms with Gasteiger partial charge >= 0.3 is 0 Å². The Bertz CT molecular complexity index is 761. The van der Waals surface area contributed by atoms with E-state index in [1.165, 1.54) is 30.6 Å². The Morgan fingerprint density at radius 2 is 1.38 bits per heavy atom. The van der Waals surface area contributed by atoms with Crippen LogP contribution >= 0.6 is 0 Å². The molecule has 2 unspecified atom stereocenters. The van der Waals surface area contributed by atoms with E-state index in [0.29, 0.717) is 5.78 Å². The average Bonchev–Trinajstić information content (AvgIpc) is 3.33. The van der Waals surface area contributed by atoms with E-state index in [2.05, 4.69) is 64.4 Å². The van der Waals surface area contributed by atoms with E-state index in [4.69, 9.17) is 0 Å². The Morgan fingerprint density at radius 1 is 0.759 bits per heavy atom. The minimum atomic E-state index is 0.443. The molecule has 0 amide bonds. The first kappa shape index (κ1) is 20.3. The third-order valence-electron chi connectivity index (χ3n) is 6.61. The topological polar surface area (TPSA) is 23.6 Å². The number of nitrogens with zero attached hydrogens (tertiary/aromatic N) is 2. The van der Waals surface area contributed by atoms with Crippen LogP contribution < -0.4 is 0 Å². The van der Waals surface area contributed by atoms with Gasteiger partial charge in [-0.15, -0.1) is 0 Å². The van der Waals surface area contributed by atoms with Crippen LogP contribution in [0.25, 0.3) is 0 Å². The smallest absolute Gasteiger partial charge is 0.132 e. The highest BCUT2D eigenvalue weighted by Crippen LogP contribution is 2.32. The molecule has 2 heterocycles. The highest BCUT2D eigenvalue weighted by molar-refractivity contribution is 5.78. The van der Waals surface area contributed by atoms with Crippen molar-refractivity contribution >= 4 is 5.78 Å². The number of hydrogen-bond acceptors (Lipinski definition) is 3. The zero-order valence-corrected chi connectivity index (χ0v) is 17.5. The number of unbranched alkanes of at least 4 members (excludes halogenated alkanes) is 1. The van der Waals surface area contributed by atoms with Crippen molar-refractivity contribution in [2.24, 2.45) is 0 Å². The Labute approximate surface area is 175 Å². The molecule has 29 heavy (non-hydrogen) atoms. The van der Waals surface area contributed by atoms with Crippen molar-refractivity contribution in [1.82, 2.24) is 9.80 Å². The summed E-state index contributed by atoms with van der Waals surface area (Å²) in [6.07, 6.45) is 7.02. The van der Waals surface area contributed by atoms with E-state index in [0.717, 1.165) is 63.7 Å². The van der Waals surface area contributed by atoms with E-state index in [1.807, 2.05) is 6.07 Å². The van der Waals surface area contributed by atoms with Crippen LogP contribution in [0, 0.1) is 0 Å². The summed E-state index contributed by atoms with van der Waals surface area (Å²) >= 11 is 0. The molecule has 0 aromatic heterocycles. The summed E-state index contributed by atoms with van der Waals surface area (Å²) in [6, 6.07) is 22.8. The molecule has 0 spiro atoms. The average molecular weight is 391 g/mol. The van der Waals surface area contributed by atoms with Crippen LogP contribution in [0.1, 0.15) is 49.7 Å². The number of ketones is 1. The summed E-state index contributed by atoms with van der Waals surface area (Å²) in [5.74, 6) is 0.443. The van der Waals surface area contributed by atoms with Crippen molar-refractivity contribution in [3.8, 4) is 0 Å². The number of hydrogen-bond donors (Lipinski definition) is 0. The molecule has 154 valence electrons. The minimum Gasteiger partial charge on any atom is -0.300 e. The number of benzene rings is 2. The summed E-state index contributed by atoms with van der Waals surface area (Å²) in [5, 5.41) is 0. The van der Waals surface area contributed by atoms with Crippen molar-refractivity contribution < 1.29 is 4.79 Å². The maximum Gasteiger partial charge on any atom is 0.132 e. The van der Waals surface area contributed by atoms with Gasteiger partial charge in [-0.1, -0.05) is 60.7 Å². The first-order valence-electron chi connectivity index (χ1n) is 11.4. The fourth-order valence-corrected chi connectivity index (χ4v) is 5.01. The molecular formula is C26H34N2O. The Kier molecular flexibility index (Phi) is 7.13. The van der Waals surface area contributed by atoms with Crippen LogP contribution in [-0.2, 0) is 17.8 Å². The van der Waals surface area contributed by atoms with E-state index in [1.54, 1.807) is 0 Å². The molecule has 2 fully saturated rings. The Hall–Kier alpha value is -1.97. The molecule has 0 aliphatic carbocycles. The molecule has 2 aromatic rings. The normalized spacial score (nSPS) is 21.7. The van der Waals surface area contributed by atoms with Crippen LogP contribution in [0.5, 0.6) is 0 Å². The predicted molar refractivity (Wildman–Crippen MR) is 119 cm³/mol. The summed E-state index contributed by atoms with van der Waals surface area (Å²) in [4.78, 5) is 17.5. The number of fused-ring (bicyclic) bond motifs is 2. The molecule has 3 heteroatoms. The highest BCUT2D eigenvalue weighted by atomic mass is 16.1. The van der Waals surface area contributed by atoms with E-state index in [9.17, 15) is 4.79 Å². The van der Waals surface area contributed by atoms with Crippen LogP contribution in [0.3, 0.4) is 0 Å². The highest BCUT2D eigenvalue weighted by Gasteiger charge is 2.42. The molecule has 4 rings (SSSR count). The summed E-state index contributed by atoms with van der Waals surface area (Å²) in [6.45, 7) is 4.67.